The molecular formula is C14H19FO2. The van der Waals surface area contributed by atoms with Gasteiger partial charge in [-0.05, 0) is 49.9 Å². The summed E-state index contributed by atoms with van der Waals surface area (Å²) in [5.74, 6) is 0.571. The summed E-state index contributed by atoms with van der Waals surface area (Å²) in [6.45, 7) is 1.87. The molecule has 1 fully saturated rings. The molecule has 2 atom stereocenters. The zero-order valence-electron chi connectivity index (χ0n) is 10.4. The predicted octanol–water partition coefficient (Wildman–Crippen LogP) is 3.47. The zero-order valence-corrected chi connectivity index (χ0v) is 10.4. The van der Waals surface area contributed by atoms with Gasteiger partial charge in [-0.2, -0.15) is 0 Å². The summed E-state index contributed by atoms with van der Waals surface area (Å²) >= 11 is 0. The molecule has 0 amide bonds. The van der Waals surface area contributed by atoms with E-state index in [9.17, 15) is 4.39 Å². The van der Waals surface area contributed by atoms with E-state index in [1.54, 1.807) is 13.2 Å². The van der Waals surface area contributed by atoms with E-state index < -0.39 is 0 Å². The molecule has 1 saturated carbocycles. The molecule has 3 heteroatoms. The molecule has 1 aromatic carbocycles. The van der Waals surface area contributed by atoms with Gasteiger partial charge in [0.05, 0.1) is 6.10 Å². The normalized spacial score (nSPS) is 24.6. The van der Waals surface area contributed by atoms with Gasteiger partial charge in [0.1, 0.15) is 17.7 Å². The van der Waals surface area contributed by atoms with Gasteiger partial charge in [0.25, 0.3) is 0 Å². The average molecular weight is 238 g/mol. The van der Waals surface area contributed by atoms with Crippen molar-refractivity contribution in [2.24, 2.45) is 0 Å². The Kier molecular flexibility index (Phi) is 4.00. The first kappa shape index (κ1) is 12.4. The number of hydrogen-bond donors (Lipinski definition) is 0. The fraction of sp³-hybridized carbons (Fsp3) is 0.571. The number of aryl methyl sites for hydroxylation is 1. The van der Waals surface area contributed by atoms with E-state index in [2.05, 4.69) is 0 Å². The lowest BCUT2D eigenvalue weighted by atomic mass is 9.95. The smallest absolute Gasteiger partial charge is 0.123 e. The largest absolute Gasteiger partial charge is 0.490 e. The summed E-state index contributed by atoms with van der Waals surface area (Å²) in [6, 6.07) is 4.66. The fourth-order valence-corrected chi connectivity index (χ4v) is 2.35. The summed E-state index contributed by atoms with van der Waals surface area (Å²) in [7, 11) is 1.75. The van der Waals surface area contributed by atoms with E-state index in [4.69, 9.17) is 9.47 Å². The van der Waals surface area contributed by atoms with Gasteiger partial charge in [0.15, 0.2) is 0 Å². The SMILES string of the molecule is COC1CCCC(Oc2ccc(F)cc2C)C1. The van der Waals surface area contributed by atoms with Crippen molar-refractivity contribution in [3.8, 4) is 5.75 Å². The number of rotatable bonds is 3. The molecule has 0 radical (unpaired) electrons. The third-order valence-electron chi connectivity index (χ3n) is 3.34. The van der Waals surface area contributed by atoms with E-state index in [0.29, 0.717) is 6.10 Å². The van der Waals surface area contributed by atoms with Crippen LogP contribution in [0.4, 0.5) is 4.39 Å². The first-order valence-electron chi connectivity index (χ1n) is 6.14. The van der Waals surface area contributed by atoms with Gasteiger partial charge in [-0.15, -0.1) is 0 Å². The first-order chi connectivity index (χ1) is 8.19. The van der Waals surface area contributed by atoms with Crippen molar-refractivity contribution in [3.05, 3.63) is 29.6 Å². The highest BCUT2D eigenvalue weighted by atomic mass is 19.1. The van der Waals surface area contributed by atoms with Crippen molar-refractivity contribution in [1.29, 1.82) is 0 Å². The highest BCUT2D eigenvalue weighted by Gasteiger charge is 2.23. The third-order valence-corrected chi connectivity index (χ3v) is 3.34. The van der Waals surface area contributed by atoms with Crippen molar-refractivity contribution in [2.75, 3.05) is 7.11 Å². The second kappa shape index (κ2) is 5.50. The molecule has 1 aromatic rings. The molecule has 0 bridgehead atoms. The van der Waals surface area contributed by atoms with E-state index >= 15 is 0 Å². The highest BCUT2D eigenvalue weighted by molar-refractivity contribution is 5.32. The van der Waals surface area contributed by atoms with Crippen LogP contribution in [0.3, 0.4) is 0 Å². The number of methoxy groups -OCH3 is 1. The lowest BCUT2D eigenvalue weighted by molar-refractivity contribution is 0.0207. The van der Waals surface area contributed by atoms with Gasteiger partial charge >= 0.3 is 0 Å². The van der Waals surface area contributed by atoms with Crippen LogP contribution in [0.15, 0.2) is 18.2 Å². The topological polar surface area (TPSA) is 18.5 Å². The maximum absolute atomic E-state index is 13.0. The number of hydrogen-bond acceptors (Lipinski definition) is 2. The Morgan fingerprint density at radius 2 is 2.00 bits per heavy atom. The van der Waals surface area contributed by atoms with Gasteiger partial charge in [0.2, 0.25) is 0 Å². The Hall–Kier alpha value is -1.09. The van der Waals surface area contributed by atoms with Crippen LogP contribution >= 0.6 is 0 Å². The van der Waals surface area contributed by atoms with Crippen molar-refractivity contribution in [1.82, 2.24) is 0 Å². The quantitative estimate of drug-likeness (QED) is 0.802. The Morgan fingerprint density at radius 3 is 2.71 bits per heavy atom. The van der Waals surface area contributed by atoms with E-state index in [-0.39, 0.29) is 11.9 Å². The molecule has 0 heterocycles. The Labute approximate surface area is 102 Å². The van der Waals surface area contributed by atoms with E-state index in [1.165, 1.54) is 12.1 Å². The van der Waals surface area contributed by atoms with Crippen LogP contribution < -0.4 is 4.74 Å². The van der Waals surface area contributed by atoms with Gasteiger partial charge in [-0.25, -0.2) is 4.39 Å². The Morgan fingerprint density at radius 1 is 1.24 bits per heavy atom. The molecule has 0 saturated heterocycles. The standard InChI is InChI=1S/C14H19FO2/c1-10-8-11(15)6-7-14(10)17-13-5-3-4-12(9-13)16-2/h6-8,12-13H,3-5,9H2,1-2H3. The molecule has 2 nitrogen and oxygen atoms in total. The molecular weight excluding hydrogens is 219 g/mol. The van der Waals surface area contributed by atoms with Gasteiger partial charge in [-0.3, -0.25) is 0 Å². The molecule has 94 valence electrons. The number of halogens is 1. The Balaban J connectivity index is 2.00. The molecule has 1 aliphatic carbocycles. The molecule has 0 aliphatic heterocycles. The number of benzene rings is 1. The van der Waals surface area contributed by atoms with Crippen molar-refractivity contribution >= 4 is 0 Å². The van der Waals surface area contributed by atoms with Crippen LogP contribution in [-0.4, -0.2) is 19.3 Å². The lowest BCUT2D eigenvalue weighted by Gasteiger charge is -2.29. The van der Waals surface area contributed by atoms with E-state index in [1.807, 2.05) is 6.92 Å². The van der Waals surface area contributed by atoms with Crippen molar-refractivity contribution in [2.45, 2.75) is 44.8 Å². The van der Waals surface area contributed by atoms with Crippen LogP contribution in [0, 0.1) is 12.7 Å². The first-order valence-corrected chi connectivity index (χ1v) is 6.14. The summed E-state index contributed by atoms with van der Waals surface area (Å²) in [5, 5.41) is 0. The van der Waals surface area contributed by atoms with Crippen LogP contribution in [-0.2, 0) is 4.74 Å². The average Bonchev–Trinajstić information content (AvgIpc) is 2.33. The minimum atomic E-state index is -0.215. The molecule has 0 N–H and O–H groups in total. The van der Waals surface area contributed by atoms with Gasteiger partial charge < -0.3 is 9.47 Å². The lowest BCUT2D eigenvalue weighted by Crippen LogP contribution is -2.29. The summed E-state index contributed by atoms with van der Waals surface area (Å²) in [5.41, 5.74) is 0.851. The third kappa shape index (κ3) is 3.19. The monoisotopic (exact) mass is 238 g/mol. The summed E-state index contributed by atoms with van der Waals surface area (Å²) in [6.07, 6.45) is 4.71. The van der Waals surface area contributed by atoms with Crippen LogP contribution in [0.5, 0.6) is 5.75 Å². The molecule has 1 aliphatic rings. The summed E-state index contributed by atoms with van der Waals surface area (Å²) < 4.78 is 24.3. The predicted molar refractivity (Wildman–Crippen MR) is 64.8 cm³/mol. The summed E-state index contributed by atoms with van der Waals surface area (Å²) in [4.78, 5) is 0. The second-order valence-corrected chi connectivity index (χ2v) is 4.67. The molecule has 0 spiro atoms. The van der Waals surface area contributed by atoms with Gasteiger partial charge in [0, 0.05) is 13.5 Å². The van der Waals surface area contributed by atoms with Crippen molar-refractivity contribution < 1.29 is 13.9 Å². The van der Waals surface area contributed by atoms with Crippen LogP contribution in [0.2, 0.25) is 0 Å². The fourth-order valence-electron chi connectivity index (χ4n) is 2.35. The molecule has 2 rings (SSSR count). The van der Waals surface area contributed by atoms with Crippen LogP contribution in [0.25, 0.3) is 0 Å². The van der Waals surface area contributed by atoms with Crippen molar-refractivity contribution in [3.63, 3.8) is 0 Å². The number of ether oxygens (including phenoxy) is 2. The maximum Gasteiger partial charge on any atom is 0.123 e. The zero-order chi connectivity index (χ0) is 12.3. The van der Waals surface area contributed by atoms with Gasteiger partial charge in [-0.1, -0.05) is 0 Å². The highest BCUT2D eigenvalue weighted by Crippen LogP contribution is 2.27. The maximum atomic E-state index is 13.0. The molecule has 0 aromatic heterocycles. The second-order valence-electron chi connectivity index (χ2n) is 4.67. The van der Waals surface area contributed by atoms with Crippen LogP contribution in [0.1, 0.15) is 31.2 Å². The Bertz CT molecular complexity index is 378. The minimum Gasteiger partial charge on any atom is -0.490 e. The molecule has 2 unspecified atom stereocenters. The molecule has 17 heavy (non-hydrogen) atoms. The minimum absolute atomic E-state index is 0.192. The van der Waals surface area contributed by atoms with E-state index in [0.717, 1.165) is 37.0 Å².